The molecule has 1 aromatic carbocycles. The number of ether oxygens (including phenoxy) is 1. The highest BCUT2D eigenvalue weighted by atomic mass is 16.5. The third kappa shape index (κ3) is 5.43. The Hall–Kier alpha value is -2.50. The lowest BCUT2D eigenvalue weighted by atomic mass is 10.2. The number of anilines is 1. The van der Waals surface area contributed by atoms with Crippen LogP contribution >= 0.6 is 0 Å². The molecule has 0 bridgehead atoms. The number of amides is 1. The summed E-state index contributed by atoms with van der Waals surface area (Å²) in [5, 5.41) is 14.6. The molecule has 6 heteroatoms. The van der Waals surface area contributed by atoms with E-state index >= 15 is 0 Å². The van der Waals surface area contributed by atoms with E-state index in [0.29, 0.717) is 12.2 Å². The topological polar surface area (TPSA) is 87.7 Å². The number of carboxylic acids is 1. The van der Waals surface area contributed by atoms with Gasteiger partial charge in [-0.15, -0.1) is 0 Å². The SMILES string of the molecule is C=CCOC(=O)NCC(C)Nc1cccc(C(=O)O)c1. The van der Waals surface area contributed by atoms with E-state index in [1.807, 2.05) is 6.92 Å². The van der Waals surface area contributed by atoms with E-state index in [9.17, 15) is 9.59 Å². The van der Waals surface area contributed by atoms with Crippen molar-refractivity contribution in [2.45, 2.75) is 13.0 Å². The first kappa shape index (κ1) is 15.6. The van der Waals surface area contributed by atoms with Gasteiger partial charge in [0.2, 0.25) is 0 Å². The van der Waals surface area contributed by atoms with E-state index in [-0.39, 0.29) is 18.2 Å². The summed E-state index contributed by atoms with van der Waals surface area (Å²) in [6.45, 7) is 5.82. The lowest BCUT2D eigenvalue weighted by Gasteiger charge is -2.16. The van der Waals surface area contributed by atoms with Crippen LogP contribution in [0.15, 0.2) is 36.9 Å². The molecule has 0 saturated carbocycles. The minimum absolute atomic E-state index is 0.0738. The fourth-order valence-corrected chi connectivity index (χ4v) is 1.50. The van der Waals surface area contributed by atoms with E-state index in [1.54, 1.807) is 12.1 Å². The number of alkyl carbamates (subject to hydrolysis) is 1. The normalized spacial score (nSPS) is 11.2. The van der Waals surface area contributed by atoms with E-state index in [0.717, 1.165) is 0 Å². The van der Waals surface area contributed by atoms with Crippen molar-refractivity contribution in [3.05, 3.63) is 42.5 Å². The fourth-order valence-electron chi connectivity index (χ4n) is 1.50. The molecule has 1 atom stereocenters. The molecule has 1 unspecified atom stereocenters. The summed E-state index contributed by atoms with van der Waals surface area (Å²) in [6, 6.07) is 6.40. The molecule has 1 rings (SSSR count). The van der Waals surface area contributed by atoms with Gasteiger partial charge in [0.1, 0.15) is 6.61 Å². The minimum atomic E-state index is -0.979. The quantitative estimate of drug-likeness (QED) is 0.665. The largest absolute Gasteiger partial charge is 0.478 e. The fraction of sp³-hybridized carbons (Fsp3) is 0.286. The molecule has 0 radical (unpaired) electrons. The maximum atomic E-state index is 11.2. The Balaban J connectivity index is 2.44. The Bertz CT molecular complexity index is 488. The molecule has 0 fully saturated rings. The summed E-state index contributed by atoms with van der Waals surface area (Å²) in [7, 11) is 0. The zero-order chi connectivity index (χ0) is 15.0. The van der Waals surface area contributed by atoms with Gasteiger partial charge in [0.05, 0.1) is 5.56 Å². The molecule has 6 nitrogen and oxygen atoms in total. The summed E-state index contributed by atoms with van der Waals surface area (Å²) >= 11 is 0. The molecule has 0 aliphatic heterocycles. The number of rotatable bonds is 7. The number of nitrogens with one attached hydrogen (secondary N) is 2. The van der Waals surface area contributed by atoms with Crippen LogP contribution in [0.25, 0.3) is 0 Å². The first-order valence-corrected chi connectivity index (χ1v) is 6.14. The summed E-state index contributed by atoms with van der Waals surface area (Å²) in [4.78, 5) is 22.1. The molecular formula is C14H18N2O4. The van der Waals surface area contributed by atoms with Crippen molar-refractivity contribution in [1.29, 1.82) is 0 Å². The number of carbonyl (C=O) groups excluding carboxylic acids is 1. The Morgan fingerprint density at radius 1 is 1.50 bits per heavy atom. The van der Waals surface area contributed by atoms with Crippen molar-refractivity contribution in [2.24, 2.45) is 0 Å². The van der Waals surface area contributed by atoms with Gasteiger partial charge in [0, 0.05) is 18.3 Å². The van der Waals surface area contributed by atoms with Crippen LogP contribution in [0.5, 0.6) is 0 Å². The Labute approximate surface area is 117 Å². The molecule has 0 saturated heterocycles. The van der Waals surface area contributed by atoms with Gasteiger partial charge in [0.15, 0.2) is 0 Å². The highest BCUT2D eigenvalue weighted by Crippen LogP contribution is 2.11. The van der Waals surface area contributed by atoms with Crippen LogP contribution in [-0.2, 0) is 4.74 Å². The Kier molecular flexibility index (Phi) is 6.09. The lowest BCUT2D eigenvalue weighted by molar-refractivity contribution is 0.0697. The first-order valence-electron chi connectivity index (χ1n) is 6.14. The molecule has 3 N–H and O–H groups in total. The molecule has 20 heavy (non-hydrogen) atoms. The molecule has 0 aromatic heterocycles. The van der Waals surface area contributed by atoms with Crippen LogP contribution in [-0.4, -0.2) is 36.4 Å². The maximum absolute atomic E-state index is 11.2. The molecule has 0 heterocycles. The van der Waals surface area contributed by atoms with Gasteiger partial charge < -0.3 is 20.5 Å². The van der Waals surface area contributed by atoms with Crippen molar-refractivity contribution in [1.82, 2.24) is 5.32 Å². The third-order valence-corrected chi connectivity index (χ3v) is 2.41. The smallest absolute Gasteiger partial charge is 0.407 e. The molecule has 1 aromatic rings. The molecule has 0 aliphatic rings. The predicted molar refractivity (Wildman–Crippen MR) is 76.0 cm³/mol. The summed E-state index contributed by atoms with van der Waals surface area (Å²) < 4.78 is 4.77. The highest BCUT2D eigenvalue weighted by molar-refractivity contribution is 5.88. The van der Waals surface area contributed by atoms with Crippen LogP contribution in [0.4, 0.5) is 10.5 Å². The van der Waals surface area contributed by atoms with Gasteiger partial charge in [-0.1, -0.05) is 18.7 Å². The number of carboxylic acid groups (broad SMARTS) is 1. The van der Waals surface area contributed by atoms with Gasteiger partial charge in [-0.3, -0.25) is 0 Å². The molecule has 108 valence electrons. The maximum Gasteiger partial charge on any atom is 0.407 e. The molecule has 1 amide bonds. The lowest BCUT2D eigenvalue weighted by Crippen LogP contribution is -2.35. The van der Waals surface area contributed by atoms with Gasteiger partial charge in [-0.2, -0.15) is 0 Å². The van der Waals surface area contributed by atoms with E-state index in [4.69, 9.17) is 9.84 Å². The van der Waals surface area contributed by atoms with Crippen molar-refractivity contribution in [2.75, 3.05) is 18.5 Å². The van der Waals surface area contributed by atoms with E-state index in [1.165, 1.54) is 18.2 Å². The van der Waals surface area contributed by atoms with Crippen LogP contribution in [0.1, 0.15) is 17.3 Å². The van der Waals surface area contributed by atoms with Gasteiger partial charge in [-0.25, -0.2) is 9.59 Å². The van der Waals surface area contributed by atoms with Crippen molar-refractivity contribution >= 4 is 17.7 Å². The average Bonchev–Trinajstić information content (AvgIpc) is 2.43. The predicted octanol–water partition coefficient (Wildman–Crippen LogP) is 2.10. The zero-order valence-electron chi connectivity index (χ0n) is 11.3. The Morgan fingerprint density at radius 3 is 2.90 bits per heavy atom. The standard InChI is InChI=1S/C14H18N2O4/c1-3-7-20-14(19)15-9-10(2)16-12-6-4-5-11(8-12)13(17)18/h3-6,8,10,16H,1,7,9H2,2H3,(H,15,19)(H,17,18). The van der Waals surface area contributed by atoms with Gasteiger partial charge in [-0.05, 0) is 25.1 Å². The van der Waals surface area contributed by atoms with Crippen molar-refractivity contribution < 1.29 is 19.4 Å². The van der Waals surface area contributed by atoms with Crippen LogP contribution in [0.3, 0.4) is 0 Å². The number of benzene rings is 1. The van der Waals surface area contributed by atoms with E-state index < -0.39 is 12.1 Å². The molecular weight excluding hydrogens is 260 g/mol. The summed E-state index contributed by atoms with van der Waals surface area (Å²) in [5.41, 5.74) is 0.888. The van der Waals surface area contributed by atoms with Gasteiger partial charge >= 0.3 is 12.1 Å². The van der Waals surface area contributed by atoms with Crippen LogP contribution in [0, 0.1) is 0 Å². The monoisotopic (exact) mass is 278 g/mol. The van der Waals surface area contributed by atoms with E-state index in [2.05, 4.69) is 17.2 Å². The first-order chi connectivity index (χ1) is 9.52. The molecule has 0 aliphatic carbocycles. The number of hydrogen-bond donors (Lipinski definition) is 3. The highest BCUT2D eigenvalue weighted by Gasteiger charge is 2.07. The number of hydrogen-bond acceptors (Lipinski definition) is 4. The van der Waals surface area contributed by atoms with Crippen LogP contribution < -0.4 is 10.6 Å². The average molecular weight is 278 g/mol. The molecule has 0 spiro atoms. The summed E-state index contributed by atoms with van der Waals surface area (Å²) in [6.07, 6.45) is 0.969. The zero-order valence-corrected chi connectivity index (χ0v) is 11.3. The van der Waals surface area contributed by atoms with Crippen molar-refractivity contribution in [3.63, 3.8) is 0 Å². The van der Waals surface area contributed by atoms with Crippen molar-refractivity contribution in [3.8, 4) is 0 Å². The third-order valence-electron chi connectivity index (χ3n) is 2.41. The minimum Gasteiger partial charge on any atom is -0.478 e. The van der Waals surface area contributed by atoms with Crippen LogP contribution in [0.2, 0.25) is 0 Å². The summed E-state index contributed by atoms with van der Waals surface area (Å²) in [5.74, 6) is -0.979. The number of carbonyl (C=O) groups is 2. The Morgan fingerprint density at radius 2 is 2.25 bits per heavy atom. The second-order valence-electron chi connectivity index (χ2n) is 4.20. The second kappa shape index (κ2) is 7.83. The van der Waals surface area contributed by atoms with Gasteiger partial charge in [0.25, 0.3) is 0 Å². The second-order valence-corrected chi connectivity index (χ2v) is 4.20. The number of aromatic carboxylic acids is 1.